The first-order valence-electron chi connectivity index (χ1n) is 10.2. The van der Waals surface area contributed by atoms with Crippen molar-refractivity contribution < 1.29 is 19.1 Å². The van der Waals surface area contributed by atoms with Gasteiger partial charge in [-0.15, -0.1) is 0 Å². The van der Waals surface area contributed by atoms with Crippen molar-refractivity contribution >= 4 is 23.6 Å². The normalized spacial score (nSPS) is 23.9. The third-order valence-electron chi connectivity index (χ3n) is 5.96. The smallest absolute Gasteiger partial charge is 0.409 e. The van der Waals surface area contributed by atoms with Gasteiger partial charge >= 0.3 is 6.09 Å². The van der Waals surface area contributed by atoms with Crippen molar-refractivity contribution in [1.29, 1.82) is 0 Å². The van der Waals surface area contributed by atoms with Gasteiger partial charge in [-0.3, -0.25) is 9.59 Å². The van der Waals surface area contributed by atoms with E-state index in [-0.39, 0.29) is 35.8 Å². The van der Waals surface area contributed by atoms with Crippen LogP contribution in [0.1, 0.15) is 31.7 Å². The summed E-state index contributed by atoms with van der Waals surface area (Å²) in [6.45, 7) is 4.03. The molecule has 150 valence electrons. The fraction of sp³-hybridized carbons (Fsp3) is 0.571. The van der Waals surface area contributed by atoms with E-state index >= 15 is 0 Å². The zero-order chi connectivity index (χ0) is 19.7. The Kier molecular flexibility index (Phi) is 5.24. The standard InChI is InChI=1S/C21H27N3O4/c1-2-28-21(27)23-10-8-15(9-11-23)22-19(25)16-13-17(16)20(26)24-12-7-14-5-3-4-6-18(14)24/h3-6,15-17H,2,7-13H2,1H3,(H,22,25). The summed E-state index contributed by atoms with van der Waals surface area (Å²) >= 11 is 0. The van der Waals surface area contributed by atoms with Crippen molar-refractivity contribution in [2.45, 2.75) is 38.6 Å². The number of hydrogen-bond acceptors (Lipinski definition) is 4. The van der Waals surface area contributed by atoms with Crippen molar-refractivity contribution in [3.8, 4) is 0 Å². The van der Waals surface area contributed by atoms with Crippen LogP contribution in [-0.2, 0) is 20.7 Å². The zero-order valence-electron chi connectivity index (χ0n) is 16.2. The summed E-state index contributed by atoms with van der Waals surface area (Å²) < 4.78 is 5.02. The molecule has 0 radical (unpaired) electrons. The minimum atomic E-state index is -0.286. The Labute approximate surface area is 165 Å². The molecule has 2 atom stereocenters. The molecule has 4 rings (SSSR count). The number of rotatable bonds is 4. The zero-order valence-corrected chi connectivity index (χ0v) is 16.2. The van der Waals surface area contributed by atoms with E-state index in [2.05, 4.69) is 11.4 Å². The Morgan fingerprint density at radius 2 is 1.86 bits per heavy atom. The number of nitrogens with one attached hydrogen (secondary N) is 1. The lowest BCUT2D eigenvalue weighted by Gasteiger charge is -2.31. The van der Waals surface area contributed by atoms with Gasteiger partial charge in [-0.1, -0.05) is 18.2 Å². The molecular weight excluding hydrogens is 358 g/mol. The lowest BCUT2D eigenvalue weighted by molar-refractivity contribution is -0.126. The number of nitrogens with zero attached hydrogens (tertiary/aromatic N) is 2. The molecule has 28 heavy (non-hydrogen) atoms. The summed E-state index contributed by atoms with van der Waals surface area (Å²) in [6, 6.07) is 8.04. The van der Waals surface area contributed by atoms with Gasteiger partial charge in [-0.25, -0.2) is 4.79 Å². The average molecular weight is 385 g/mol. The van der Waals surface area contributed by atoms with E-state index in [9.17, 15) is 14.4 Å². The van der Waals surface area contributed by atoms with Crippen molar-refractivity contribution in [1.82, 2.24) is 10.2 Å². The molecule has 3 aliphatic rings. The van der Waals surface area contributed by atoms with Crippen LogP contribution in [0.5, 0.6) is 0 Å². The van der Waals surface area contributed by atoms with E-state index in [1.54, 1.807) is 11.8 Å². The summed E-state index contributed by atoms with van der Waals surface area (Å²) in [6.07, 6.45) is 2.66. The molecule has 2 heterocycles. The van der Waals surface area contributed by atoms with E-state index in [0.717, 1.165) is 24.9 Å². The number of carbonyl (C=O) groups excluding carboxylic acids is 3. The molecule has 0 spiro atoms. The fourth-order valence-electron chi connectivity index (χ4n) is 4.25. The molecule has 1 aliphatic carbocycles. The molecular formula is C21H27N3O4. The number of hydrogen-bond donors (Lipinski definition) is 1. The topological polar surface area (TPSA) is 79.0 Å². The van der Waals surface area contributed by atoms with Gasteiger partial charge in [0.2, 0.25) is 11.8 Å². The van der Waals surface area contributed by atoms with Crippen LogP contribution in [0.25, 0.3) is 0 Å². The van der Waals surface area contributed by atoms with E-state index in [1.807, 2.05) is 23.1 Å². The van der Waals surface area contributed by atoms with Gasteiger partial charge in [0.05, 0.1) is 18.4 Å². The minimum Gasteiger partial charge on any atom is -0.450 e. The number of anilines is 1. The quantitative estimate of drug-likeness (QED) is 0.859. The summed E-state index contributed by atoms with van der Waals surface area (Å²) in [5.74, 6) is -0.378. The lowest BCUT2D eigenvalue weighted by atomic mass is 10.0. The van der Waals surface area contributed by atoms with Crippen LogP contribution in [0, 0.1) is 11.8 Å². The summed E-state index contributed by atoms with van der Waals surface area (Å²) in [5.41, 5.74) is 2.19. The van der Waals surface area contributed by atoms with Gasteiger partial charge in [-0.2, -0.15) is 0 Å². The Morgan fingerprint density at radius 1 is 1.11 bits per heavy atom. The number of carbonyl (C=O) groups is 3. The molecule has 0 aromatic heterocycles. The highest BCUT2D eigenvalue weighted by atomic mass is 16.6. The number of amides is 3. The fourth-order valence-corrected chi connectivity index (χ4v) is 4.25. The highest BCUT2D eigenvalue weighted by Crippen LogP contribution is 2.42. The number of piperidine rings is 1. The van der Waals surface area contributed by atoms with Crippen LogP contribution in [0.15, 0.2) is 24.3 Å². The molecule has 1 saturated carbocycles. The maximum atomic E-state index is 12.8. The van der Waals surface area contributed by atoms with Gasteiger partial charge < -0.3 is 19.9 Å². The minimum absolute atomic E-state index is 0.0274. The van der Waals surface area contributed by atoms with Gasteiger partial charge in [0.15, 0.2) is 0 Å². The lowest BCUT2D eigenvalue weighted by Crippen LogP contribution is -2.47. The van der Waals surface area contributed by atoms with E-state index < -0.39 is 0 Å². The second kappa shape index (κ2) is 7.81. The third kappa shape index (κ3) is 3.70. The summed E-state index contributed by atoms with van der Waals surface area (Å²) in [5, 5.41) is 3.08. The van der Waals surface area contributed by atoms with Gasteiger partial charge in [0, 0.05) is 31.4 Å². The average Bonchev–Trinajstić information content (AvgIpc) is 3.40. The Bertz CT molecular complexity index is 773. The van der Waals surface area contributed by atoms with Gasteiger partial charge in [0.1, 0.15) is 0 Å². The Hall–Kier alpha value is -2.57. The van der Waals surface area contributed by atoms with E-state index in [4.69, 9.17) is 4.74 Å². The largest absolute Gasteiger partial charge is 0.450 e. The third-order valence-corrected chi connectivity index (χ3v) is 5.96. The van der Waals surface area contributed by atoms with Crippen molar-refractivity contribution in [3.05, 3.63) is 29.8 Å². The highest BCUT2D eigenvalue weighted by Gasteiger charge is 2.50. The van der Waals surface area contributed by atoms with Crippen molar-refractivity contribution in [2.24, 2.45) is 11.8 Å². The van der Waals surface area contributed by atoms with Crippen LogP contribution in [-0.4, -0.2) is 55.1 Å². The number of ether oxygens (including phenoxy) is 1. The number of para-hydroxylation sites is 1. The molecule has 2 fully saturated rings. The predicted molar refractivity (Wildman–Crippen MR) is 104 cm³/mol. The molecule has 2 aliphatic heterocycles. The molecule has 1 saturated heterocycles. The van der Waals surface area contributed by atoms with Crippen LogP contribution in [0.4, 0.5) is 10.5 Å². The summed E-state index contributed by atoms with van der Waals surface area (Å²) in [4.78, 5) is 40.7. The number of benzene rings is 1. The van der Waals surface area contributed by atoms with Crippen LogP contribution >= 0.6 is 0 Å². The van der Waals surface area contributed by atoms with Crippen molar-refractivity contribution in [2.75, 3.05) is 31.1 Å². The molecule has 1 aromatic rings. The molecule has 1 aromatic carbocycles. The highest BCUT2D eigenvalue weighted by molar-refractivity contribution is 6.02. The summed E-state index contributed by atoms with van der Waals surface area (Å²) in [7, 11) is 0. The molecule has 3 amide bonds. The van der Waals surface area contributed by atoms with Gasteiger partial charge in [-0.05, 0) is 44.2 Å². The van der Waals surface area contributed by atoms with Gasteiger partial charge in [0.25, 0.3) is 0 Å². The monoisotopic (exact) mass is 385 g/mol. The van der Waals surface area contributed by atoms with E-state index in [0.29, 0.717) is 32.7 Å². The van der Waals surface area contributed by atoms with Crippen LogP contribution in [0.3, 0.4) is 0 Å². The van der Waals surface area contributed by atoms with Crippen LogP contribution in [0.2, 0.25) is 0 Å². The van der Waals surface area contributed by atoms with Crippen molar-refractivity contribution in [3.63, 3.8) is 0 Å². The first-order valence-corrected chi connectivity index (χ1v) is 10.2. The molecule has 0 bridgehead atoms. The molecule has 1 N–H and O–H groups in total. The number of likely N-dealkylation sites (tertiary alicyclic amines) is 1. The first-order chi connectivity index (χ1) is 13.6. The maximum absolute atomic E-state index is 12.8. The first kappa shape index (κ1) is 18.8. The Balaban J connectivity index is 1.25. The predicted octanol–water partition coefficient (Wildman–Crippen LogP) is 1.95. The van der Waals surface area contributed by atoms with E-state index in [1.165, 1.54) is 5.56 Å². The SMILES string of the molecule is CCOC(=O)N1CCC(NC(=O)C2CC2C(=O)N2CCc3ccccc32)CC1. The van der Waals surface area contributed by atoms with Crippen LogP contribution < -0.4 is 10.2 Å². The number of fused-ring (bicyclic) bond motifs is 1. The second-order valence-electron chi connectivity index (χ2n) is 7.79. The molecule has 7 heteroatoms. The Morgan fingerprint density at radius 3 is 2.61 bits per heavy atom. The maximum Gasteiger partial charge on any atom is 0.409 e. The second-order valence-corrected chi connectivity index (χ2v) is 7.79. The molecule has 7 nitrogen and oxygen atoms in total. The molecule has 2 unspecified atom stereocenters.